The average Bonchev–Trinajstić information content (AvgIpc) is 2.66. The summed E-state index contributed by atoms with van der Waals surface area (Å²) in [5.41, 5.74) is 0.640. The topological polar surface area (TPSA) is 42.2 Å². The lowest BCUT2D eigenvalue weighted by Gasteiger charge is -2.12. The van der Waals surface area contributed by atoms with Crippen LogP contribution in [0.4, 0.5) is 0 Å². The number of nitrogens with one attached hydrogen (secondary N) is 1. The zero-order valence-corrected chi connectivity index (χ0v) is 9.67. The van der Waals surface area contributed by atoms with E-state index in [-0.39, 0.29) is 5.91 Å². The van der Waals surface area contributed by atoms with Crippen LogP contribution in [0, 0.1) is 12.8 Å². The van der Waals surface area contributed by atoms with E-state index in [1.165, 1.54) is 0 Å². The SMILES string of the molecule is CCC(CC)CNC(=O)c1ccoc1C. The first kappa shape index (κ1) is 11.8. The molecule has 0 saturated heterocycles. The first-order chi connectivity index (χ1) is 7.19. The van der Waals surface area contributed by atoms with Gasteiger partial charge in [-0.25, -0.2) is 0 Å². The molecule has 0 unspecified atom stereocenters. The van der Waals surface area contributed by atoms with Gasteiger partial charge in [-0.1, -0.05) is 26.7 Å². The van der Waals surface area contributed by atoms with Crippen LogP contribution in [0.2, 0.25) is 0 Å². The predicted molar refractivity (Wildman–Crippen MR) is 59.9 cm³/mol. The Morgan fingerprint density at radius 1 is 1.47 bits per heavy atom. The standard InChI is InChI=1S/C12H19NO2/c1-4-10(5-2)8-13-12(14)11-6-7-15-9(11)3/h6-7,10H,4-5,8H2,1-3H3,(H,13,14). The summed E-state index contributed by atoms with van der Waals surface area (Å²) >= 11 is 0. The van der Waals surface area contributed by atoms with Crippen molar-refractivity contribution in [2.24, 2.45) is 5.92 Å². The molecule has 1 rings (SSSR count). The number of furan rings is 1. The summed E-state index contributed by atoms with van der Waals surface area (Å²) in [5.74, 6) is 1.21. The van der Waals surface area contributed by atoms with Crippen LogP contribution in [0.15, 0.2) is 16.7 Å². The summed E-state index contributed by atoms with van der Waals surface area (Å²) in [6, 6.07) is 1.71. The van der Waals surface area contributed by atoms with Crippen molar-refractivity contribution < 1.29 is 9.21 Å². The molecule has 1 amide bonds. The summed E-state index contributed by atoms with van der Waals surface area (Å²) in [6.07, 6.45) is 3.74. The van der Waals surface area contributed by atoms with Crippen LogP contribution in [0.3, 0.4) is 0 Å². The van der Waals surface area contributed by atoms with Crippen molar-refractivity contribution in [3.63, 3.8) is 0 Å². The van der Waals surface area contributed by atoms with Gasteiger partial charge in [-0.3, -0.25) is 4.79 Å². The highest BCUT2D eigenvalue weighted by Gasteiger charge is 2.12. The van der Waals surface area contributed by atoms with E-state index in [1.54, 1.807) is 19.3 Å². The van der Waals surface area contributed by atoms with Gasteiger partial charge in [-0.2, -0.15) is 0 Å². The molecule has 0 bridgehead atoms. The van der Waals surface area contributed by atoms with Gasteiger partial charge in [0.25, 0.3) is 5.91 Å². The number of aryl methyl sites for hydroxylation is 1. The fourth-order valence-electron chi connectivity index (χ4n) is 1.53. The van der Waals surface area contributed by atoms with Gasteiger partial charge in [-0.05, 0) is 18.9 Å². The Balaban J connectivity index is 2.47. The van der Waals surface area contributed by atoms with E-state index in [0.717, 1.165) is 19.4 Å². The zero-order valence-electron chi connectivity index (χ0n) is 9.67. The second-order valence-electron chi connectivity index (χ2n) is 3.78. The van der Waals surface area contributed by atoms with Crippen molar-refractivity contribution in [1.82, 2.24) is 5.32 Å². The molecule has 0 aliphatic rings. The first-order valence-corrected chi connectivity index (χ1v) is 5.51. The van der Waals surface area contributed by atoms with E-state index in [0.29, 0.717) is 17.2 Å². The lowest BCUT2D eigenvalue weighted by molar-refractivity contribution is 0.0945. The second kappa shape index (κ2) is 5.59. The lowest BCUT2D eigenvalue weighted by Crippen LogP contribution is -2.29. The predicted octanol–water partition coefficient (Wildman–Crippen LogP) is 2.75. The van der Waals surface area contributed by atoms with Crippen LogP contribution in [0.25, 0.3) is 0 Å². The summed E-state index contributed by atoms with van der Waals surface area (Å²) < 4.78 is 5.08. The molecule has 0 fully saturated rings. The number of hydrogen-bond donors (Lipinski definition) is 1. The van der Waals surface area contributed by atoms with Crippen LogP contribution < -0.4 is 5.32 Å². The number of carbonyl (C=O) groups is 1. The third kappa shape index (κ3) is 3.11. The molecule has 15 heavy (non-hydrogen) atoms. The van der Waals surface area contributed by atoms with Crippen LogP contribution in [-0.4, -0.2) is 12.5 Å². The monoisotopic (exact) mass is 209 g/mol. The summed E-state index contributed by atoms with van der Waals surface area (Å²) in [7, 11) is 0. The maximum Gasteiger partial charge on any atom is 0.254 e. The fraction of sp³-hybridized carbons (Fsp3) is 0.583. The highest BCUT2D eigenvalue weighted by Crippen LogP contribution is 2.09. The number of amides is 1. The first-order valence-electron chi connectivity index (χ1n) is 5.51. The van der Waals surface area contributed by atoms with Crippen LogP contribution in [0.5, 0.6) is 0 Å². The number of hydrogen-bond acceptors (Lipinski definition) is 2. The molecule has 0 aliphatic heterocycles. The number of carbonyl (C=O) groups excluding carboxylic acids is 1. The maximum absolute atomic E-state index is 11.7. The Hall–Kier alpha value is -1.25. The molecule has 0 spiro atoms. The summed E-state index contributed by atoms with van der Waals surface area (Å²) in [4.78, 5) is 11.7. The summed E-state index contributed by atoms with van der Waals surface area (Å²) in [5, 5.41) is 2.93. The molecule has 3 heteroatoms. The molecule has 0 aromatic carbocycles. The molecule has 3 nitrogen and oxygen atoms in total. The van der Waals surface area contributed by atoms with Crippen molar-refractivity contribution in [1.29, 1.82) is 0 Å². The van der Waals surface area contributed by atoms with Gasteiger partial charge in [-0.15, -0.1) is 0 Å². The van der Waals surface area contributed by atoms with Crippen LogP contribution in [0.1, 0.15) is 42.8 Å². The lowest BCUT2D eigenvalue weighted by atomic mass is 10.0. The largest absolute Gasteiger partial charge is 0.469 e. The Bertz CT molecular complexity index is 313. The molecule has 0 saturated carbocycles. The van der Waals surface area contributed by atoms with E-state index in [4.69, 9.17) is 4.42 Å². The Morgan fingerprint density at radius 2 is 2.13 bits per heavy atom. The normalized spacial score (nSPS) is 10.7. The summed E-state index contributed by atoms with van der Waals surface area (Å²) in [6.45, 7) is 6.83. The molecule has 84 valence electrons. The van der Waals surface area contributed by atoms with Gasteiger partial charge in [0.15, 0.2) is 0 Å². The minimum Gasteiger partial charge on any atom is -0.469 e. The maximum atomic E-state index is 11.7. The fourth-order valence-corrected chi connectivity index (χ4v) is 1.53. The Labute approximate surface area is 90.9 Å². The van der Waals surface area contributed by atoms with E-state index >= 15 is 0 Å². The molecule has 1 N–H and O–H groups in total. The molecular weight excluding hydrogens is 190 g/mol. The van der Waals surface area contributed by atoms with Crippen molar-refractivity contribution in [3.05, 3.63) is 23.7 Å². The highest BCUT2D eigenvalue weighted by molar-refractivity contribution is 5.94. The molecule has 1 aromatic heterocycles. The van der Waals surface area contributed by atoms with Crippen molar-refractivity contribution >= 4 is 5.91 Å². The van der Waals surface area contributed by atoms with E-state index < -0.39 is 0 Å². The molecule has 0 radical (unpaired) electrons. The highest BCUT2D eigenvalue weighted by atomic mass is 16.3. The van der Waals surface area contributed by atoms with Gasteiger partial charge < -0.3 is 9.73 Å². The van der Waals surface area contributed by atoms with Crippen molar-refractivity contribution in [3.8, 4) is 0 Å². The molecule has 0 aliphatic carbocycles. The van der Waals surface area contributed by atoms with Gasteiger partial charge in [0.05, 0.1) is 11.8 Å². The number of rotatable bonds is 5. The minimum absolute atomic E-state index is 0.0341. The third-order valence-electron chi connectivity index (χ3n) is 2.81. The molecule has 0 atom stereocenters. The third-order valence-corrected chi connectivity index (χ3v) is 2.81. The van der Waals surface area contributed by atoms with Gasteiger partial charge in [0.2, 0.25) is 0 Å². The van der Waals surface area contributed by atoms with Crippen LogP contribution in [-0.2, 0) is 0 Å². The Morgan fingerprint density at radius 3 is 2.60 bits per heavy atom. The van der Waals surface area contributed by atoms with E-state index in [1.807, 2.05) is 0 Å². The minimum atomic E-state index is -0.0341. The van der Waals surface area contributed by atoms with Gasteiger partial charge >= 0.3 is 0 Å². The van der Waals surface area contributed by atoms with E-state index in [9.17, 15) is 4.79 Å². The van der Waals surface area contributed by atoms with Gasteiger partial charge in [0, 0.05) is 6.54 Å². The average molecular weight is 209 g/mol. The smallest absolute Gasteiger partial charge is 0.254 e. The second-order valence-corrected chi connectivity index (χ2v) is 3.78. The van der Waals surface area contributed by atoms with Crippen LogP contribution >= 0.6 is 0 Å². The quantitative estimate of drug-likeness (QED) is 0.810. The van der Waals surface area contributed by atoms with Gasteiger partial charge in [0.1, 0.15) is 5.76 Å². The van der Waals surface area contributed by atoms with Crippen molar-refractivity contribution in [2.45, 2.75) is 33.6 Å². The van der Waals surface area contributed by atoms with E-state index in [2.05, 4.69) is 19.2 Å². The Kier molecular flexibility index (Phi) is 4.40. The molecular formula is C12H19NO2. The molecule has 1 aromatic rings. The molecule has 1 heterocycles. The van der Waals surface area contributed by atoms with Crippen molar-refractivity contribution in [2.75, 3.05) is 6.54 Å². The zero-order chi connectivity index (χ0) is 11.3.